The summed E-state index contributed by atoms with van der Waals surface area (Å²) in [6.45, 7) is 1.22. The van der Waals surface area contributed by atoms with E-state index in [4.69, 9.17) is 0 Å². The van der Waals surface area contributed by atoms with Crippen molar-refractivity contribution in [2.24, 2.45) is 0 Å². The number of anilines is 2. The van der Waals surface area contributed by atoms with E-state index in [1.807, 2.05) is 0 Å². The number of nitrogens with one attached hydrogen (secondary N) is 3. The molecule has 0 saturated heterocycles. The number of hydrogen-bond acceptors (Lipinski definition) is 6. The maximum Gasteiger partial charge on any atom is 0.240 e. The zero-order chi connectivity index (χ0) is 22.2. The average Bonchev–Trinajstić information content (AvgIpc) is 3.36. The van der Waals surface area contributed by atoms with Gasteiger partial charge in [-0.25, -0.2) is 4.98 Å². The van der Waals surface area contributed by atoms with Gasteiger partial charge >= 0.3 is 0 Å². The lowest BCUT2D eigenvalue weighted by molar-refractivity contribution is -0.122. The third-order valence-corrected chi connectivity index (χ3v) is 5.88. The minimum Gasteiger partial charge on any atom is -0.390 e. The van der Waals surface area contributed by atoms with Crippen LogP contribution >= 0.6 is 11.8 Å². The summed E-state index contributed by atoms with van der Waals surface area (Å²) < 4.78 is 1.64. The first kappa shape index (κ1) is 22.8. The smallest absolute Gasteiger partial charge is 0.240 e. The number of rotatable bonds is 9. The molecule has 2 aromatic rings. The van der Waals surface area contributed by atoms with Crippen LogP contribution in [0.1, 0.15) is 38.3 Å². The Morgan fingerprint density at radius 3 is 2.55 bits per heavy atom. The fourth-order valence-corrected chi connectivity index (χ4v) is 4.29. The van der Waals surface area contributed by atoms with Gasteiger partial charge in [0.25, 0.3) is 0 Å². The van der Waals surface area contributed by atoms with Crippen molar-refractivity contribution in [3.05, 3.63) is 36.2 Å². The highest BCUT2D eigenvalue weighted by molar-refractivity contribution is 7.99. The summed E-state index contributed by atoms with van der Waals surface area (Å²) in [4.78, 5) is 40.2. The van der Waals surface area contributed by atoms with E-state index in [9.17, 15) is 19.5 Å². The van der Waals surface area contributed by atoms with Crippen molar-refractivity contribution in [3.8, 4) is 0 Å². The molecule has 3 amide bonds. The highest BCUT2D eigenvalue weighted by atomic mass is 32.2. The second-order valence-corrected chi connectivity index (χ2v) is 8.37. The molecule has 1 heterocycles. The van der Waals surface area contributed by atoms with Gasteiger partial charge in [0.1, 0.15) is 6.54 Å². The summed E-state index contributed by atoms with van der Waals surface area (Å²) in [6, 6.07) is 7.07. The number of carbonyl (C=O) groups is 3. The first-order valence-corrected chi connectivity index (χ1v) is 11.2. The van der Waals surface area contributed by atoms with Crippen LogP contribution < -0.4 is 16.0 Å². The lowest BCUT2D eigenvalue weighted by Crippen LogP contribution is -2.35. The number of carbonyl (C=O) groups excluding carboxylic acids is 3. The fraction of sp³-hybridized carbons (Fsp3) is 0.429. The molecule has 31 heavy (non-hydrogen) atoms. The van der Waals surface area contributed by atoms with Crippen LogP contribution in [0, 0.1) is 0 Å². The lowest BCUT2D eigenvalue weighted by Gasteiger charge is -2.14. The first-order chi connectivity index (χ1) is 14.9. The normalized spacial score (nSPS) is 13.7. The molecule has 1 aromatic heterocycles. The third-order valence-electron chi connectivity index (χ3n) is 4.88. The van der Waals surface area contributed by atoms with Gasteiger partial charge in [0.15, 0.2) is 5.16 Å². The Balaban J connectivity index is 1.57. The molecule has 9 nitrogen and oxygen atoms in total. The summed E-state index contributed by atoms with van der Waals surface area (Å²) in [6.07, 6.45) is 5.75. The maximum absolute atomic E-state index is 12.4. The summed E-state index contributed by atoms with van der Waals surface area (Å²) in [5.74, 6) is -0.486. The molecule has 10 heteroatoms. The number of benzene rings is 1. The van der Waals surface area contributed by atoms with Crippen LogP contribution in [0.25, 0.3) is 0 Å². The van der Waals surface area contributed by atoms with Crippen molar-refractivity contribution in [1.82, 2.24) is 14.9 Å². The van der Waals surface area contributed by atoms with Gasteiger partial charge in [-0.1, -0.05) is 30.7 Å². The van der Waals surface area contributed by atoms with E-state index >= 15 is 0 Å². The van der Waals surface area contributed by atoms with Crippen LogP contribution in [-0.2, 0) is 27.5 Å². The SMILES string of the molecule is CC(=O)Nc1cccc(NC(=O)CSc2ncc(CO)n2CC(=O)NC2CCCC2)c1. The minimum absolute atomic E-state index is 0.0507. The molecule has 0 unspecified atom stereocenters. The fourth-order valence-electron chi connectivity index (χ4n) is 3.49. The molecule has 1 aromatic carbocycles. The molecule has 166 valence electrons. The van der Waals surface area contributed by atoms with Gasteiger partial charge in [-0.05, 0) is 31.0 Å². The van der Waals surface area contributed by atoms with Crippen molar-refractivity contribution in [2.45, 2.75) is 57.0 Å². The summed E-state index contributed by atoms with van der Waals surface area (Å²) in [5.41, 5.74) is 1.68. The van der Waals surface area contributed by atoms with Crippen LogP contribution in [0.5, 0.6) is 0 Å². The van der Waals surface area contributed by atoms with E-state index < -0.39 is 0 Å². The molecule has 4 N–H and O–H groups in total. The van der Waals surface area contributed by atoms with Crippen LogP contribution in [-0.4, -0.2) is 44.2 Å². The molecule has 0 spiro atoms. The van der Waals surface area contributed by atoms with Crippen molar-refractivity contribution < 1.29 is 19.5 Å². The second kappa shape index (κ2) is 11.0. The van der Waals surface area contributed by atoms with Crippen LogP contribution in [0.4, 0.5) is 11.4 Å². The zero-order valence-corrected chi connectivity index (χ0v) is 18.2. The van der Waals surface area contributed by atoms with Gasteiger partial charge < -0.3 is 25.6 Å². The Morgan fingerprint density at radius 2 is 1.87 bits per heavy atom. The van der Waals surface area contributed by atoms with E-state index in [-0.39, 0.29) is 42.7 Å². The van der Waals surface area contributed by atoms with Crippen LogP contribution in [0.2, 0.25) is 0 Å². The van der Waals surface area contributed by atoms with Gasteiger partial charge in [0.2, 0.25) is 17.7 Å². The number of aliphatic hydroxyl groups is 1. The summed E-state index contributed by atoms with van der Waals surface area (Å²) >= 11 is 1.19. The number of aliphatic hydroxyl groups excluding tert-OH is 1. The maximum atomic E-state index is 12.4. The highest BCUT2D eigenvalue weighted by Crippen LogP contribution is 2.21. The zero-order valence-electron chi connectivity index (χ0n) is 17.4. The molecule has 1 fully saturated rings. The topological polar surface area (TPSA) is 125 Å². The van der Waals surface area contributed by atoms with E-state index in [1.165, 1.54) is 24.9 Å². The molecule has 1 aliphatic carbocycles. The van der Waals surface area contributed by atoms with Crippen LogP contribution in [0.15, 0.2) is 35.6 Å². The van der Waals surface area contributed by atoms with Crippen molar-refractivity contribution in [3.63, 3.8) is 0 Å². The van der Waals surface area contributed by atoms with Crippen LogP contribution in [0.3, 0.4) is 0 Å². The molecule has 0 bridgehead atoms. The minimum atomic E-state index is -0.250. The highest BCUT2D eigenvalue weighted by Gasteiger charge is 2.19. The third kappa shape index (κ3) is 6.83. The molecule has 1 saturated carbocycles. The number of imidazole rings is 1. The molecule has 3 rings (SSSR count). The van der Waals surface area contributed by atoms with Gasteiger partial charge in [-0.15, -0.1) is 0 Å². The van der Waals surface area contributed by atoms with Gasteiger partial charge in [-0.3, -0.25) is 14.4 Å². The standard InChI is InChI=1S/C21H27N5O4S/c1-14(28)23-16-7-4-8-17(9-16)25-20(30)13-31-21-22-10-18(12-27)26(21)11-19(29)24-15-5-2-3-6-15/h4,7-10,15,27H,2-3,5-6,11-13H2,1H3,(H,23,28)(H,24,29)(H,25,30). The monoisotopic (exact) mass is 445 g/mol. The Labute approximate surface area is 185 Å². The molecule has 0 radical (unpaired) electrons. The Hall–Kier alpha value is -2.85. The van der Waals surface area contributed by atoms with Gasteiger partial charge in [-0.2, -0.15) is 0 Å². The molecule has 0 atom stereocenters. The summed E-state index contributed by atoms with van der Waals surface area (Å²) in [5, 5.41) is 18.5. The number of hydrogen-bond donors (Lipinski definition) is 4. The number of amides is 3. The van der Waals surface area contributed by atoms with Crippen molar-refractivity contribution in [2.75, 3.05) is 16.4 Å². The van der Waals surface area contributed by atoms with Crippen molar-refractivity contribution >= 4 is 40.9 Å². The predicted molar refractivity (Wildman–Crippen MR) is 119 cm³/mol. The molecule has 1 aliphatic rings. The number of aromatic nitrogens is 2. The first-order valence-electron chi connectivity index (χ1n) is 10.2. The largest absolute Gasteiger partial charge is 0.390 e. The number of thioether (sulfide) groups is 1. The van der Waals surface area contributed by atoms with E-state index in [1.54, 1.807) is 28.8 Å². The average molecular weight is 446 g/mol. The van der Waals surface area contributed by atoms with Gasteiger partial charge in [0.05, 0.1) is 24.3 Å². The van der Waals surface area contributed by atoms with E-state index in [0.717, 1.165) is 25.7 Å². The molecular weight excluding hydrogens is 418 g/mol. The van der Waals surface area contributed by atoms with Gasteiger partial charge in [0, 0.05) is 24.3 Å². The summed E-state index contributed by atoms with van der Waals surface area (Å²) in [7, 11) is 0. The Kier molecular flexibility index (Phi) is 8.07. The lowest BCUT2D eigenvalue weighted by atomic mass is 10.2. The Bertz CT molecular complexity index is 940. The Morgan fingerprint density at radius 1 is 1.16 bits per heavy atom. The quantitative estimate of drug-likeness (QED) is 0.438. The van der Waals surface area contributed by atoms with E-state index in [2.05, 4.69) is 20.9 Å². The molecule has 0 aliphatic heterocycles. The predicted octanol–water partition coefficient (Wildman–Crippen LogP) is 2.12. The second-order valence-electron chi connectivity index (χ2n) is 7.42. The van der Waals surface area contributed by atoms with E-state index in [0.29, 0.717) is 22.2 Å². The van der Waals surface area contributed by atoms with Crippen molar-refractivity contribution in [1.29, 1.82) is 0 Å². The molecular formula is C21H27N5O4S. The number of nitrogens with zero attached hydrogens (tertiary/aromatic N) is 2.